The van der Waals surface area contributed by atoms with Crippen LogP contribution in [0, 0.1) is 5.92 Å². The van der Waals surface area contributed by atoms with Crippen molar-refractivity contribution in [2.45, 2.75) is 51.7 Å². The number of hydrogen-bond acceptors (Lipinski definition) is 6. The second-order valence-corrected chi connectivity index (χ2v) is 6.01. The van der Waals surface area contributed by atoms with E-state index in [2.05, 4.69) is 16.0 Å². The second kappa shape index (κ2) is 11.0. The maximum atomic E-state index is 12.3. The van der Waals surface area contributed by atoms with Crippen LogP contribution in [0.25, 0.3) is 0 Å². The Balaban J connectivity index is 4.98. The normalized spacial score (nSPS) is 15.1. The van der Waals surface area contributed by atoms with Gasteiger partial charge in [-0.05, 0) is 12.8 Å². The van der Waals surface area contributed by atoms with E-state index in [1.54, 1.807) is 13.8 Å². The fourth-order valence-corrected chi connectivity index (χ4v) is 1.92. The lowest BCUT2D eigenvalue weighted by atomic mass is 9.98. The molecule has 11 heteroatoms. The molecule has 0 aliphatic rings. The number of hydrogen-bond donors (Lipinski definition) is 6. The SMILES string of the molecule is CCC(C)C(NC(=O)C(CC(N)=O)NC(=O)CNC(=O)C(C)N)C(=O)O. The molecule has 148 valence electrons. The molecule has 4 unspecified atom stereocenters. The maximum absolute atomic E-state index is 12.3. The van der Waals surface area contributed by atoms with Crippen molar-refractivity contribution in [3.8, 4) is 0 Å². The van der Waals surface area contributed by atoms with Crippen LogP contribution in [-0.2, 0) is 24.0 Å². The zero-order valence-corrected chi connectivity index (χ0v) is 15.1. The highest BCUT2D eigenvalue weighted by molar-refractivity contribution is 5.94. The van der Waals surface area contributed by atoms with Crippen molar-refractivity contribution < 1.29 is 29.1 Å². The largest absolute Gasteiger partial charge is 0.480 e. The molecule has 0 aliphatic heterocycles. The van der Waals surface area contributed by atoms with Gasteiger partial charge >= 0.3 is 5.97 Å². The van der Waals surface area contributed by atoms with E-state index in [-0.39, 0.29) is 5.92 Å². The van der Waals surface area contributed by atoms with Crippen molar-refractivity contribution >= 4 is 29.6 Å². The molecule has 0 heterocycles. The van der Waals surface area contributed by atoms with Gasteiger partial charge in [0.15, 0.2) is 0 Å². The maximum Gasteiger partial charge on any atom is 0.326 e. The van der Waals surface area contributed by atoms with Crippen molar-refractivity contribution in [2.24, 2.45) is 17.4 Å². The molecular weight excluding hydrogens is 346 g/mol. The predicted octanol–water partition coefficient (Wildman–Crippen LogP) is -2.57. The van der Waals surface area contributed by atoms with Crippen LogP contribution in [0.2, 0.25) is 0 Å². The Labute approximate surface area is 151 Å². The van der Waals surface area contributed by atoms with Crippen LogP contribution >= 0.6 is 0 Å². The Kier molecular flexibility index (Phi) is 9.89. The van der Waals surface area contributed by atoms with Crippen molar-refractivity contribution in [1.29, 1.82) is 0 Å². The molecule has 0 rings (SSSR count). The van der Waals surface area contributed by atoms with Crippen LogP contribution in [-0.4, -0.2) is 59.4 Å². The first kappa shape index (κ1) is 23.3. The van der Waals surface area contributed by atoms with E-state index in [0.29, 0.717) is 6.42 Å². The Bertz CT molecular complexity index is 551. The molecule has 0 fully saturated rings. The van der Waals surface area contributed by atoms with Gasteiger partial charge in [0, 0.05) is 0 Å². The Morgan fingerprint density at radius 1 is 1.04 bits per heavy atom. The van der Waals surface area contributed by atoms with Gasteiger partial charge in [0.2, 0.25) is 23.6 Å². The lowest BCUT2D eigenvalue weighted by Crippen LogP contribution is -2.55. The third kappa shape index (κ3) is 8.42. The van der Waals surface area contributed by atoms with Gasteiger partial charge in [-0.15, -0.1) is 0 Å². The average molecular weight is 373 g/mol. The quantitative estimate of drug-likeness (QED) is 0.229. The van der Waals surface area contributed by atoms with Gasteiger partial charge in [0.05, 0.1) is 19.0 Å². The molecule has 0 saturated carbocycles. The molecule has 0 aromatic carbocycles. The van der Waals surface area contributed by atoms with Gasteiger partial charge in [0.1, 0.15) is 12.1 Å². The summed E-state index contributed by atoms with van der Waals surface area (Å²) in [5, 5.41) is 16.0. The average Bonchev–Trinajstić information content (AvgIpc) is 2.54. The second-order valence-electron chi connectivity index (χ2n) is 6.01. The van der Waals surface area contributed by atoms with Crippen LogP contribution in [0.4, 0.5) is 0 Å². The summed E-state index contributed by atoms with van der Waals surface area (Å²) in [4.78, 5) is 57.9. The number of carbonyl (C=O) groups excluding carboxylic acids is 4. The molecule has 26 heavy (non-hydrogen) atoms. The van der Waals surface area contributed by atoms with Crippen LogP contribution in [0.3, 0.4) is 0 Å². The molecule has 0 spiro atoms. The number of primary amides is 1. The number of carboxylic acid groups (broad SMARTS) is 1. The molecule has 0 aromatic rings. The van der Waals surface area contributed by atoms with Crippen LogP contribution < -0.4 is 27.4 Å². The standard InChI is InChI=1S/C15H27N5O6/c1-4-7(2)12(15(25)26)20-14(24)9(5-10(17)21)19-11(22)6-18-13(23)8(3)16/h7-9,12H,4-6,16H2,1-3H3,(H2,17,21)(H,18,23)(H,19,22)(H,20,24)(H,25,26). The van der Waals surface area contributed by atoms with E-state index in [9.17, 15) is 29.1 Å². The summed E-state index contributed by atoms with van der Waals surface area (Å²) >= 11 is 0. The minimum absolute atomic E-state index is 0.369. The first-order valence-corrected chi connectivity index (χ1v) is 8.13. The lowest BCUT2D eigenvalue weighted by Gasteiger charge is -2.24. The van der Waals surface area contributed by atoms with E-state index in [4.69, 9.17) is 11.5 Å². The Hall–Kier alpha value is -2.69. The predicted molar refractivity (Wildman–Crippen MR) is 91.4 cm³/mol. The van der Waals surface area contributed by atoms with E-state index >= 15 is 0 Å². The molecule has 0 radical (unpaired) electrons. The molecular formula is C15H27N5O6. The van der Waals surface area contributed by atoms with Gasteiger partial charge in [-0.1, -0.05) is 20.3 Å². The zero-order chi connectivity index (χ0) is 20.4. The molecule has 4 atom stereocenters. The smallest absolute Gasteiger partial charge is 0.326 e. The first-order chi connectivity index (χ1) is 12.0. The molecule has 11 nitrogen and oxygen atoms in total. The van der Waals surface area contributed by atoms with Crippen LogP contribution in [0.15, 0.2) is 0 Å². The minimum atomic E-state index is -1.36. The molecule has 4 amide bonds. The first-order valence-electron chi connectivity index (χ1n) is 8.13. The van der Waals surface area contributed by atoms with E-state index < -0.39 is 60.7 Å². The van der Waals surface area contributed by atoms with Crippen molar-refractivity contribution in [3.63, 3.8) is 0 Å². The highest BCUT2D eigenvalue weighted by Gasteiger charge is 2.30. The monoisotopic (exact) mass is 373 g/mol. The summed E-state index contributed by atoms with van der Waals surface area (Å²) in [6.45, 7) is 4.37. The van der Waals surface area contributed by atoms with Crippen LogP contribution in [0.5, 0.6) is 0 Å². The van der Waals surface area contributed by atoms with E-state index in [0.717, 1.165) is 0 Å². The number of nitrogens with one attached hydrogen (secondary N) is 3. The molecule has 0 bridgehead atoms. The van der Waals surface area contributed by atoms with E-state index in [1.165, 1.54) is 6.92 Å². The van der Waals surface area contributed by atoms with Crippen molar-refractivity contribution in [1.82, 2.24) is 16.0 Å². The fraction of sp³-hybridized carbons (Fsp3) is 0.667. The third-order valence-electron chi connectivity index (χ3n) is 3.67. The van der Waals surface area contributed by atoms with Gasteiger partial charge in [0.25, 0.3) is 0 Å². The number of carbonyl (C=O) groups is 5. The third-order valence-corrected chi connectivity index (χ3v) is 3.67. The van der Waals surface area contributed by atoms with Gasteiger partial charge in [-0.2, -0.15) is 0 Å². The number of carboxylic acids is 1. The molecule has 8 N–H and O–H groups in total. The fourth-order valence-electron chi connectivity index (χ4n) is 1.92. The number of aliphatic carboxylic acids is 1. The highest BCUT2D eigenvalue weighted by Crippen LogP contribution is 2.08. The number of amides is 4. The molecule has 0 aliphatic carbocycles. The van der Waals surface area contributed by atoms with Crippen LogP contribution in [0.1, 0.15) is 33.6 Å². The highest BCUT2D eigenvalue weighted by atomic mass is 16.4. The summed E-state index contributed by atoms with van der Waals surface area (Å²) in [7, 11) is 0. The van der Waals surface area contributed by atoms with Gasteiger partial charge in [-0.25, -0.2) is 4.79 Å². The minimum Gasteiger partial charge on any atom is -0.480 e. The summed E-state index contributed by atoms with van der Waals surface area (Å²) < 4.78 is 0. The summed E-state index contributed by atoms with van der Waals surface area (Å²) in [6.07, 6.45) is -0.0287. The van der Waals surface area contributed by atoms with Gasteiger partial charge < -0.3 is 32.5 Å². The summed E-state index contributed by atoms with van der Waals surface area (Å²) in [5.74, 6) is -4.65. The number of rotatable bonds is 11. The summed E-state index contributed by atoms with van der Waals surface area (Å²) in [5.41, 5.74) is 10.4. The van der Waals surface area contributed by atoms with Crippen molar-refractivity contribution in [2.75, 3.05) is 6.54 Å². The summed E-state index contributed by atoms with van der Waals surface area (Å²) in [6, 6.07) is -3.37. The van der Waals surface area contributed by atoms with E-state index in [1.807, 2.05) is 0 Å². The molecule has 0 aromatic heterocycles. The lowest BCUT2D eigenvalue weighted by molar-refractivity contribution is -0.143. The zero-order valence-electron chi connectivity index (χ0n) is 15.1. The van der Waals surface area contributed by atoms with Crippen molar-refractivity contribution in [3.05, 3.63) is 0 Å². The Morgan fingerprint density at radius 2 is 1.62 bits per heavy atom. The van der Waals surface area contributed by atoms with Gasteiger partial charge in [-0.3, -0.25) is 19.2 Å². The topological polar surface area (TPSA) is 194 Å². The molecule has 0 saturated heterocycles. The number of nitrogens with two attached hydrogens (primary N) is 2. The Morgan fingerprint density at radius 3 is 2.04 bits per heavy atom.